The molecule has 0 atom stereocenters. The molecule has 0 aliphatic heterocycles. The van der Waals surface area contributed by atoms with E-state index in [-0.39, 0.29) is 18.0 Å². The van der Waals surface area contributed by atoms with Crippen molar-refractivity contribution in [3.8, 4) is 17.3 Å². The van der Waals surface area contributed by atoms with Crippen molar-refractivity contribution in [1.29, 1.82) is 0 Å². The van der Waals surface area contributed by atoms with Crippen LogP contribution in [0.15, 0.2) is 104 Å². The molecule has 0 fully saturated rings. The summed E-state index contributed by atoms with van der Waals surface area (Å²) in [5.74, 6) is 1.16. The topological polar surface area (TPSA) is 69.6 Å². The molecule has 10 heteroatoms. The molecule has 2 aromatic heterocycles. The average Bonchev–Trinajstić information content (AvgIpc) is 3.38. The highest BCUT2D eigenvalue weighted by Crippen LogP contribution is 2.35. The Bertz CT molecular complexity index is 1950. The number of para-hydroxylation sites is 2. The summed E-state index contributed by atoms with van der Waals surface area (Å²) in [6.07, 6.45) is 1.53. The molecule has 198 valence electrons. The molecule has 6 rings (SSSR count). The summed E-state index contributed by atoms with van der Waals surface area (Å²) in [4.78, 5) is 18.2. The molecule has 0 unspecified atom stereocenters. The summed E-state index contributed by atoms with van der Waals surface area (Å²) in [7, 11) is 0. The number of furan rings is 1. The van der Waals surface area contributed by atoms with Crippen molar-refractivity contribution in [2.75, 3.05) is 0 Å². The number of rotatable bonds is 6. The predicted molar refractivity (Wildman–Crippen MR) is 164 cm³/mol. The van der Waals surface area contributed by atoms with Crippen LogP contribution in [-0.2, 0) is 6.61 Å². The fourth-order valence-corrected chi connectivity index (χ4v) is 5.49. The maximum absolute atomic E-state index is 13.5. The number of fused-ring (bicyclic) bond motifs is 2. The molecular formula is C30H17BrCl3N3O3. The van der Waals surface area contributed by atoms with Gasteiger partial charge in [0, 0.05) is 5.39 Å². The highest BCUT2D eigenvalue weighted by molar-refractivity contribution is 9.10. The molecular weight excluding hydrogens is 637 g/mol. The van der Waals surface area contributed by atoms with E-state index < -0.39 is 0 Å². The zero-order chi connectivity index (χ0) is 27.8. The largest absolute Gasteiger partial charge is 0.486 e. The lowest BCUT2D eigenvalue weighted by atomic mass is 10.2. The summed E-state index contributed by atoms with van der Waals surface area (Å²) in [6, 6.07) is 25.3. The number of aromatic nitrogens is 2. The van der Waals surface area contributed by atoms with Crippen molar-refractivity contribution in [3.63, 3.8) is 0 Å². The minimum atomic E-state index is -0.330. The molecule has 4 aromatic carbocycles. The molecule has 0 amide bonds. The van der Waals surface area contributed by atoms with Gasteiger partial charge in [0.2, 0.25) is 5.82 Å². The van der Waals surface area contributed by atoms with E-state index in [1.165, 1.54) is 10.9 Å². The number of hydrogen-bond acceptors (Lipinski definition) is 5. The minimum absolute atomic E-state index is 0.238. The lowest BCUT2D eigenvalue weighted by Crippen LogP contribution is -2.20. The Morgan fingerprint density at radius 1 is 0.925 bits per heavy atom. The number of benzene rings is 4. The molecule has 6 aromatic rings. The molecule has 0 saturated carbocycles. The Hall–Kier alpha value is -3.62. The molecule has 0 N–H and O–H groups in total. The van der Waals surface area contributed by atoms with Crippen LogP contribution in [0.3, 0.4) is 0 Å². The van der Waals surface area contributed by atoms with E-state index in [0.717, 1.165) is 10.9 Å². The van der Waals surface area contributed by atoms with Gasteiger partial charge in [-0.15, -0.1) is 0 Å². The van der Waals surface area contributed by atoms with Crippen molar-refractivity contribution in [2.24, 2.45) is 5.10 Å². The maximum atomic E-state index is 13.5. The van der Waals surface area contributed by atoms with Crippen molar-refractivity contribution in [3.05, 3.63) is 126 Å². The van der Waals surface area contributed by atoms with Crippen LogP contribution < -0.4 is 10.3 Å². The normalized spacial score (nSPS) is 11.6. The molecule has 0 spiro atoms. The van der Waals surface area contributed by atoms with Gasteiger partial charge in [-0.1, -0.05) is 71.2 Å². The van der Waals surface area contributed by atoms with Crippen LogP contribution in [0.25, 0.3) is 33.5 Å². The van der Waals surface area contributed by atoms with Crippen LogP contribution in [-0.4, -0.2) is 15.9 Å². The zero-order valence-electron chi connectivity index (χ0n) is 20.4. The Balaban J connectivity index is 1.36. The first-order valence-corrected chi connectivity index (χ1v) is 13.9. The van der Waals surface area contributed by atoms with E-state index in [2.05, 4.69) is 21.0 Å². The van der Waals surface area contributed by atoms with Gasteiger partial charge in [-0.2, -0.15) is 9.78 Å². The Labute approximate surface area is 251 Å². The molecule has 0 saturated heterocycles. The Kier molecular flexibility index (Phi) is 7.38. The van der Waals surface area contributed by atoms with E-state index in [1.807, 2.05) is 42.5 Å². The third-order valence-corrected chi connectivity index (χ3v) is 7.72. The van der Waals surface area contributed by atoms with Gasteiger partial charge < -0.3 is 9.15 Å². The van der Waals surface area contributed by atoms with E-state index >= 15 is 0 Å². The van der Waals surface area contributed by atoms with Gasteiger partial charge in [-0.3, -0.25) is 4.79 Å². The molecule has 0 radical (unpaired) electrons. The van der Waals surface area contributed by atoms with Crippen LogP contribution in [0.2, 0.25) is 15.1 Å². The third kappa shape index (κ3) is 5.25. The summed E-state index contributed by atoms with van der Waals surface area (Å²) >= 11 is 22.2. The first-order valence-electron chi connectivity index (χ1n) is 12.0. The van der Waals surface area contributed by atoms with Crippen molar-refractivity contribution in [1.82, 2.24) is 9.66 Å². The monoisotopic (exact) mass is 651 g/mol. The molecule has 40 heavy (non-hydrogen) atoms. The van der Waals surface area contributed by atoms with Gasteiger partial charge in [0.05, 0.1) is 36.7 Å². The molecule has 2 heterocycles. The maximum Gasteiger partial charge on any atom is 0.282 e. The predicted octanol–water partition coefficient (Wildman–Crippen LogP) is 8.99. The smallest absolute Gasteiger partial charge is 0.282 e. The van der Waals surface area contributed by atoms with Crippen LogP contribution in [0.4, 0.5) is 0 Å². The van der Waals surface area contributed by atoms with E-state index in [4.69, 9.17) is 48.9 Å². The van der Waals surface area contributed by atoms with E-state index in [9.17, 15) is 4.79 Å². The van der Waals surface area contributed by atoms with Gasteiger partial charge >= 0.3 is 0 Å². The number of hydrogen-bond donors (Lipinski definition) is 0. The van der Waals surface area contributed by atoms with Crippen molar-refractivity contribution >= 4 is 78.8 Å². The standard InChI is InChI=1S/C30H17BrCl3N3O3/c31-21-11-18(13-24(34)28(21)39-16-17-9-10-22(32)23(33)12-17)15-35-37-29(27-14-19-5-1-4-8-26(19)40-27)36-25-7-3-2-6-20(25)30(37)38/h1-15H,16H2. The van der Waals surface area contributed by atoms with Crippen molar-refractivity contribution < 1.29 is 9.15 Å². The zero-order valence-corrected chi connectivity index (χ0v) is 24.3. The van der Waals surface area contributed by atoms with Crippen LogP contribution in [0.5, 0.6) is 5.75 Å². The first kappa shape index (κ1) is 26.6. The summed E-state index contributed by atoms with van der Waals surface area (Å²) in [6.45, 7) is 0.238. The van der Waals surface area contributed by atoms with Gasteiger partial charge in [0.1, 0.15) is 12.2 Å². The highest BCUT2D eigenvalue weighted by Gasteiger charge is 2.17. The summed E-state index contributed by atoms with van der Waals surface area (Å²) in [5.41, 5.74) is 2.37. The second kappa shape index (κ2) is 11.1. The highest BCUT2D eigenvalue weighted by atomic mass is 79.9. The van der Waals surface area contributed by atoms with Crippen molar-refractivity contribution in [2.45, 2.75) is 6.61 Å². The van der Waals surface area contributed by atoms with Gasteiger partial charge in [-0.25, -0.2) is 4.98 Å². The average molecular weight is 654 g/mol. The van der Waals surface area contributed by atoms with Gasteiger partial charge in [0.15, 0.2) is 11.5 Å². The van der Waals surface area contributed by atoms with E-state index in [1.54, 1.807) is 42.5 Å². The summed E-state index contributed by atoms with van der Waals surface area (Å²) in [5, 5.41) is 7.10. The van der Waals surface area contributed by atoms with Gasteiger partial charge in [-0.05, 0) is 75.6 Å². The second-order valence-electron chi connectivity index (χ2n) is 8.81. The SMILES string of the molecule is O=c1c2ccccc2nc(-c2cc3ccccc3o2)n1N=Cc1cc(Cl)c(OCc2ccc(Cl)c(Cl)c2)c(Br)c1. The number of halogens is 4. The molecule has 6 nitrogen and oxygen atoms in total. The summed E-state index contributed by atoms with van der Waals surface area (Å²) < 4.78 is 13.8. The van der Waals surface area contributed by atoms with Crippen LogP contribution >= 0.6 is 50.7 Å². The second-order valence-corrected chi connectivity index (χ2v) is 10.9. The lowest BCUT2D eigenvalue weighted by molar-refractivity contribution is 0.304. The van der Waals surface area contributed by atoms with E-state index in [0.29, 0.717) is 53.1 Å². The molecule has 0 aliphatic carbocycles. The first-order chi connectivity index (χ1) is 19.4. The Morgan fingerprint density at radius 3 is 2.52 bits per heavy atom. The number of ether oxygens (including phenoxy) is 1. The lowest BCUT2D eigenvalue weighted by Gasteiger charge is -2.12. The number of nitrogens with zero attached hydrogens (tertiary/aromatic N) is 3. The molecule has 0 bridgehead atoms. The van der Waals surface area contributed by atoms with Gasteiger partial charge in [0.25, 0.3) is 5.56 Å². The van der Waals surface area contributed by atoms with Crippen LogP contribution in [0, 0.1) is 0 Å². The quantitative estimate of drug-likeness (QED) is 0.168. The fraction of sp³-hybridized carbons (Fsp3) is 0.0333. The third-order valence-electron chi connectivity index (χ3n) is 6.11. The Morgan fingerprint density at radius 2 is 1.73 bits per heavy atom. The molecule has 0 aliphatic rings. The van der Waals surface area contributed by atoms with Crippen LogP contribution in [0.1, 0.15) is 11.1 Å². The minimum Gasteiger partial charge on any atom is -0.486 e. The fourth-order valence-electron chi connectivity index (χ4n) is 4.18.